The summed E-state index contributed by atoms with van der Waals surface area (Å²) >= 11 is 0. The van der Waals surface area contributed by atoms with E-state index in [1.807, 2.05) is 10.8 Å². The summed E-state index contributed by atoms with van der Waals surface area (Å²) in [4.78, 5) is 15.1. The summed E-state index contributed by atoms with van der Waals surface area (Å²) in [6.45, 7) is 3.89. The molecule has 6 nitrogen and oxygen atoms in total. The van der Waals surface area contributed by atoms with Crippen LogP contribution in [0.5, 0.6) is 0 Å². The van der Waals surface area contributed by atoms with Gasteiger partial charge in [-0.15, -0.1) is 0 Å². The maximum Gasteiger partial charge on any atom is 0.181 e. The molecule has 0 amide bonds. The normalized spacial score (nSPS) is 16.1. The largest absolute Gasteiger partial charge is 0.351 e. The minimum atomic E-state index is 0.840. The molecule has 0 bridgehead atoms. The van der Waals surface area contributed by atoms with Crippen LogP contribution in [0.25, 0.3) is 5.82 Å². The van der Waals surface area contributed by atoms with E-state index in [1.54, 1.807) is 24.9 Å². The number of nitrogens with zero attached hydrogens (tertiary/aromatic N) is 5. The van der Waals surface area contributed by atoms with Gasteiger partial charge in [-0.05, 0) is 0 Å². The minimum absolute atomic E-state index is 0.840. The summed E-state index contributed by atoms with van der Waals surface area (Å²) in [5, 5.41) is 3.33. The number of hydrogen-bond donors (Lipinski definition) is 1. The van der Waals surface area contributed by atoms with Gasteiger partial charge >= 0.3 is 0 Å². The predicted molar refractivity (Wildman–Crippen MR) is 64.2 cm³/mol. The molecule has 0 aliphatic carbocycles. The molecule has 2 aromatic rings. The van der Waals surface area contributed by atoms with E-state index in [1.165, 1.54) is 0 Å². The van der Waals surface area contributed by atoms with Crippen LogP contribution in [-0.4, -0.2) is 45.7 Å². The minimum Gasteiger partial charge on any atom is -0.351 e. The van der Waals surface area contributed by atoms with Crippen molar-refractivity contribution in [2.45, 2.75) is 0 Å². The monoisotopic (exact) mass is 230 g/mol. The summed E-state index contributed by atoms with van der Waals surface area (Å²) in [6, 6.07) is 0. The lowest BCUT2D eigenvalue weighted by Crippen LogP contribution is -2.44. The molecule has 3 heterocycles. The van der Waals surface area contributed by atoms with Gasteiger partial charge in [-0.3, -0.25) is 4.57 Å². The van der Waals surface area contributed by atoms with E-state index in [-0.39, 0.29) is 0 Å². The van der Waals surface area contributed by atoms with Gasteiger partial charge in [0.2, 0.25) is 0 Å². The first kappa shape index (κ1) is 10.2. The molecule has 0 spiro atoms. The van der Waals surface area contributed by atoms with E-state index >= 15 is 0 Å². The number of nitrogens with one attached hydrogen (secondary N) is 1. The average molecular weight is 230 g/mol. The second-order valence-electron chi connectivity index (χ2n) is 3.91. The van der Waals surface area contributed by atoms with E-state index in [0.717, 1.165) is 37.8 Å². The number of rotatable bonds is 2. The molecule has 2 aromatic heterocycles. The Kier molecular flexibility index (Phi) is 2.71. The molecule has 1 saturated heterocycles. The first-order chi connectivity index (χ1) is 8.45. The molecular formula is C11H14N6. The van der Waals surface area contributed by atoms with Gasteiger partial charge in [-0.1, -0.05) is 0 Å². The van der Waals surface area contributed by atoms with Crippen molar-refractivity contribution in [3.63, 3.8) is 0 Å². The zero-order valence-electron chi connectivity index (χ0n) is 9.45. The first-order valence-electron chi connectivity index (χ1n) is 5.70. The highest BCUT2D eigenvalue weighted by Gasteiger charge is 2.16. The van der Waals surface area contributed by atoms with Crippen molar-refractivity contribution >= 4 is 5.82 Å². The third-order valence-electron chi connectivity index (χ3n) is 2.83. The Bertz CT molecular complexity index is 474. The molecule has 1 aliphatic rings. The van der Waals surface area contributed by atoms with Crippen LogP contribution in [0.2, 0.25) is 0 Å². The third-order valence-corrected chi connectivity index (χ3v) is 2.83. The van der Waals surface area contributed by atoms with Crippen LogP contribution in [0.1, 0.15) is 0 Å². The Morgan fingerprint density at radius 2 is 1.76 bits per heavy atom. The topological polar surface area (TPSA) is 58.9 Å². The molecule has 1 fully saturated rings. The van der Waals surface area contributed by atoms with Crippen LogP contribution in [0.4, 0.5) is 5.82 Å². The molecule has 0 saturated carbocycles. The molecule has 1 aliphatic heterocycles. The van der Waals surface area contributed by atoms with Crippen molar-refractivity contribution in [2.24, 2.45) is 0 Å². The highest BCUT2D eigenvalue weighted by molar-refractivity contribution is 5.53. The number of imidazole rings is 1. The molecule has 0 radical (unpaired) electrons. The van der Waals surface area contributed by atoms with Crippen LogP contribution in [0.3, 0.4) is 0 Å². The lowest BCUT2D eigenvalue weighted by molar-refractivity contribution is 0.583. The van der Waals surface area contributed by atoms with Gasteiger partial charge in [0.25, 0.3) is 0 Å². The summed E-state index contributed by atoms with van der Waals surface area (Å²) in [5.41, 5.74) is 0. The van der Waals surface area contributed by atoms with E-state index < -0.39 is 0 Å². The Morgan fingerprint density at radius 3 is 2.47 bits per heavy atom. The summed E-state index contributed by atoms with van der Waals surface area (Å²) in [5.74, 6) is 1.76. The van der Waals surface area contributed by atoms with Crippen LogP contribution < -0.4 is 10.2 Å². The first-order valence-corrected chi connectivity index (χ1v) is 5.70. The maximum absolute atomic E-state index is 4.45. The van der Waals surface area contributed by atoms with Crippen molar-refractivity contribution in [1.82, 2.24) is 24.8 Å². The summed E-state index contributed by atoms with van der Waals surface area (Å²) in [7, 11) is 0. The zero-order chi connectivity index (χ0) is 11.5. The van der Waals surface area contributed by atoms with Crippen molar-refractivity contribution in [2.75, 3.05) is 31.1 Å². The van der Waals surface area contributed by atoms with Crippen LogP contribution in [0, 0.1) is 0 Å². The average Bonchev–Trinajstić information content (AvgIpc) is 2.94. The molecule has 1 N–H and O–H groups in total. The van der Waals surface area contributed by atoms with Crippen LogP contribution in [0.15, 0.2) is 31.1 Å². The smallest absolute Gasteiger partial charge is 0.181 e. The fraction of sp³-hybridized carbons (Fsp3) is 0.364. The number of anilines is 1. The Morgan fingerprint density at radius 1 is 1.00 bits per heavy atom. The number of aromatic nitrogens is 4. The van der Waals surface area contributed by atoms with Gasteiger partial charge in [0.1, 0.15) is 6.33 Å². The Labute approximate surface area is 99.3 Å². The van der Waals surface area contributed by atoms with Crippen molar-refractivity contribution < 1.29 is 0 Å². The SMILES string of the molecule is c1cn(-c2nccnc2N2CCNCC2)cn1. The Balaban J connectivity index is 1.98. The van der Waals surface area contributed by atoms with Crippen LogP contribution >= 0.6 is 0 Å². The maximum atomic E-state index is 4.45. The van der Waals surface area contributed by atoms with Crippen molar-refractivity contribution in [3.8, 4) is 5.82 Å². The molecule has 17 heavy (non-hydrogen) atoms. The van der Waals surface area contributed by atoms with Gasteiger partial charge in [-0.2, -0.15) is 0 Å². The fourth-order valence-corrected chi connectivity index (χ4v) is 1.99. The second-order valence-corrected chi connectivity index (χ2v) is 3.91. The van der Waals surface area contributed by atoms with Gasteiger partial charge in [0.15, 0.2) is 11.6 Å². The highest BCUT2D eigenvalue weighted by Crippen LogP contribution is 2.18. The lowest BCUT2D eigenvalue weighted by Gasteiger charge is -2.29. The summed E-state index contributed by atoms with van der Waals surface area (Å²) in [6.07, 6.45) is 8.82. The molecule has 3 rings (SSSR count). The van der Waals surface area contributed by atoms with Gasteiger partial charge in [-0.25, -0.2) is 15.0 Å². The van der Waals surface area contributed by atoms with E-state index in [4.69, 9.17) is 0 Å². The summed E-state index contributed by atoms with van der Waals surface area (Å²) < 4.78 is 1.89. The van der Waals surface area contributed by atoms with E-state index in [0.29, 0.717) is 0 Å². The number of piperazine rings is 1. The number of hydrogen-bond acceptors (Lipinski definition) is 5. The third kappa shape index (κ3) is 1.99. The van der Waals surface area contributed by atoms with Crippen molar-refractivity contribution in [3.05, 3.63) is 31.1 Å². The van der Waals surface area contributed by atoms with E-state index in [2.05, 4.69) is 25.2 Å². The molecule has 0 atom stereocenters. The molecule has 88 valence electrons. The quantitative estimate of drug-likeness (QED) is 0.791. The van der Waals surface area contributed by atoms with Gasteiger partial charge in [0, 0.05) is 51.0 Å². The van der Waals surface area contributed by atoms with Gasteiger partial charge in [0.05, 0.1) is 0 Å². The predicted octanol–water partition coefficient (Wildman–Crippen LogP) is 0.0719. The lowest BCUT2D eigenvalue weighted by atomic mass is 10.3. The van der Waals surface area contributed by atoms with Crippen molar-refractivity contribution in [1.29, 1.82) is 0 Å². The second kappa shape index (κ2) is 4.50. The Hall–Kier alpha value is -1.95. The fourth-order valence-electron chi connectivity index (χ4n) is 1.99. The molecule has 6 heteroatoms. The van der Waals surface area contributed by atoms with Gasteiger partial charge < -0.3 is 10.2 Å². The molecule has 0 unspecified atom stereocenters. The van der Waals surface area contributed by atoms with E-state index in [9.17, 15) is 0 Å². The van der Waals surface area contributed by atoms with Crippen LogP contribution in [-0.2, 0) is 0 Å². The molecular weight excluding hydrogens is 216 g/mol. The zero-order valence-corrected chi connectivity index (χ0v) is 9.45. The molecule has 0 aromatic carbocycles. The standard InChI is InChI=1S/C11H14N6/c1-2-15-11(17-8-5-13-9-17)10(14-1)16-6-3-12-4-7-16/h1-2,5,8-9,12H,3-4,6-7H2. The highest BCUT2D eigenvalue weighted by atomic mass is 15.3.